The van der Waals surface area contributed by atoms with Crippen LogP contribution >= 0.6 is 0 Å². The van der Waals surface area contributed by atoms with Gasteiger partial charge in [0.15, 0.2) is 0 Å². The molecule has 1 unspecified atom stereocenters. The zero-order chi connectivity index (χ0) is 16.1. The highest BCUT2D eigenvalue weighted by Crippen LogP contribution is 2.20. The predicted molar refractivity (Wildman–Crippen MR) is 76.3 cm³/mol. The van der Waals surface area contributed by atoms with Gasteiger partial charge in [0.05, 0.1) is 5.41 Å². The Morgan fingerprint density at radius 3 is 2.10 bits per heavy atom. The summed E-state index contributed by atoms with van der Waals surface area (Å²) in [6, 6.07) is -0.486. The highest BCUT2D eigenvalue weighted by atomic mass is 16.4. The lowest BCUT2D eigenvalue weighted by atomic mass is 9.89. The molecule has 116 valence electrons. The van der Waals surface area contributed by atoms with Gasteiger partial charge in [-0.2, -0.15) is 0 Å². The number of carboxylic acids is 1. The van der Waals surface area contributed by atoms with Crippen molar-refractivity contribution in [2.45, 2.75) is 53.5 Å². The third-order valence-corrected chi connectivity index (χ3v) is 3.22. The molecule has 0 saturated heterocycles. The van der Waals surface area contributed by atoms with Gasteiger partial charge in [0, 0.05) is 19.5 Å². The van der Waals surface area contributed by atoms with Crippen LogP contribution in [0.1, 0.15) is 47.5 Å². The number of carboxylic acid groups (broad SMARTS) is 1. The first kappa shape index (κ1) is 18.4. The number of amides is 3. The Bertz CT molecular complexity index is 377. The maximum Gasteiger partial charge on any atom is 0.324 e. The number of hydrogen-bond acceptors (Lipinski definition) is 3. The summed E-state index contributed by atoms with van der Waals surface area (Å²) in [5, 5.41) is 11.2. The lowest BCUT2D eigenvalue weighted by molar-refractivity contribution is -0.149. The van der Waals surface area contributed by atoms with Crippen molar-refractivity contribution in [3.05, 3.63) is 0 Å². The molecular formula is C14H26N2O4. The fraction of sp³-hybridized carbons (Fsp3) is 0.786. The van der Waals surface area contributed by atoms with Gasteiger partial charge in [-0.05, 0) is 33.1 Å². The van der Waals surface area contributed by atoms with E-state index in [1.165, 1.54) is 18.7 Å². The Morgan fingerprint density at radius 1 is 1.20 bits per heavy atom. The van der Waals surface area contributed by atoms with E-state index in [4.69, 9.17) is 5.11 Å². The standard InChI is InChI=1S/C14H26N2O4/c1-9(2)7-10(3)16(6)13(20)15-11(17)8-14(4,5)12(18)19/h9-10H,7-8H2,1-6H3,(H,18,19)(H,15,17,20). The smallest absolute Gasteiger partial charge is 0.324 e. The molecule has 0 aliphatic rings. The fourth-order valence-corrected chi connectivity index (χ4v) is 1.77. The second-order valence-corrected chi connectivity index (χ2v) is 6.31. The highest BCUT2D eigenvalue weighted by Gasteiger charge is 2.31. The van der Waals surface area contributed by atoms with Gasteiger partial charge in [0.2, 0.25) is 5.91 Å². The number of carbonyl (C=O) groups is 3. The monoisotopic (exact) mass is 286 g/mol. The lowest BCUT2D eigenvalue weighted by Crippen LogP contribution is -2.46. The van der Waals surface area contributed by atoms with Crippen molar-refractivity contribution in [3.8, 4) is 0 Å². The van der Waals surface area contributed by atoms with Crippen LogP contribution in [-0.4, -0.2) is 41.0 Å². The van der Waals surface area contributed by atoms with E-state index < -0.39 is 23.3 Å². The van der Waals surface area contributed by atoms with Crippen molar-refractivity contribution in [2.75, 3.05) is 7.05 Å². The van der Waals surface area contributed by atoms with Gasteiger partial charge in [-0.25, -0.2) is 4.79 Å². The van der Waals surface area contributed by atoms with Crippen molar-refractivity contribution in [2.24, 2.45) is 11.3 Å². The van der Waals surface area contributed by atoms with Crippen LogP contribution in [0.25, 0.3) is 0 Å². The highest BCUT2D eigenvalue weighted by molar-refractivity contribution is 5.96. The molecule has 0 radical (unpaired) electrons. The lowest BCUT2D eigenvalue weighted by Gasteiger charge is -2.26. The Morgan fingerprint density at radius 2 is 1.70 bits per heavy atom. The molecule has 0 bridgehead atoms. The first-order valence-corrected chi connectivity index (χ1v) is 6.77. The minimum absolute atomic E-state index is 0.00952. The molecule has 0 aliphatic carbocycles. The number of rotatable bonds is 6. The van der Waals surface area contributed by atoms with Crippen molar-refractivity contribution in [1.82, 2.24) is 10.2 Å². The van der Waals surface area contributed by atoms with Crippen molar-refractivity contribution >= 4 is 17.9 Å². The van der Waals surface area contributed by atoms with Crippen LogP contribution in [-0.2, 0) is 9.59 Å². The minimum Gasteiger partial charge on any atom is -0.481 e. The van der Waals surface area contributed by atoms with Crippen molar-refractivity contribution in [3.63, 3.8) is 0 Å². The normalized spacial score (nSPS) is 12.9. The summed E-state index contributed by atoms with van der Waals surface area (Å²) in [6.07, 6.45) is 0.596. The van der Waals surface area contributed by atoms with E-state index in [0.717, 1.165) is 6.42 Å². The van der Waals surface area contributed by atoms with Crippen molar-refractivity contribution < 1.29 is 19.5 Å². The molecule has 0 aromatic carbocycles. The Balaban J connectivity index is 4.46. The van der Waals surface area contributed by atoms with Crippen LogP contribution in [0.4, 0.5) is 4.79 Å². The third-order valence-electron chi connectivity index (χ3n) is 3.22. The van der Waals surface area contributed by atoms with Gasteiger partial charge in [-0.1, -0.05) is 13.8 Å². The summed E-state index contributed by atoms with van der Waals surface area (Å²) >= 11 is 0. The van der Waals surface area contributed by atoms with Gasteiger partial charge in [0.1, 0.15) is 0 Å². The van der Waals surface area contributed by atoms with Crippen LogP contribution in [0, 0.1) is 11.3 Å². The van der Waals surface area contributed by atoms with Gasteiger partial charge >= 0.3 is 12.0 Å². The van der Waals surface area contributed by atoms with E-state index in [-0.39, 0.29) is 12.5 Å². The number of carbonyl (C=O) groups excluding carboxylic acids is 2. The third kappa shape index (κ3) is 6.04. The van der Waals surface area contributed by atoms with Gasteiger partial charge < -0.3 is 10.0 Å². The van der Waals surface area contributed by atoms with Gasteiger partial charge in [-0.3, -0.25) is 14.9 Å². The van der Waals surface area contributed by atoms with Crippen molar-refractivity contribution in [1.29, 1.82) is 0 Å². The molecule has 3 amide bonds. The summed E-state index contributed by atoms with van der Waals surface area (Å²) in [4.78, 5) is 36.0. The molecule has 0 aromatic rings. The van der Waals surface area contributed by atoms with Crippen LogP contribution in [0.15, 0.2) is 0 Å². The van der Waals surface area contributed by atoms with Crippen LogP contribution < -0.4 is 5.32 Å². The van der Waals surface area contributed by atoms with E-state index in [9.17, 15) is 14.4 Å². The molecule has 0 aromatic heterocycles. The fourth-order valence-electron chi connectivity index (χ4n) is 1.77. The average molecular weight is 286 g/mol. The Hall–Kier alpha value is -1.59. The molecule has 0 heterocycles. The quantitative estimate of drug-likeness (QED) is 0.782. The number of nitrogens with one attached hydrogen (secondary N) is 1. The molecule has 0 spiro atoms. The zero-order valence-corrected chi connectivity index (χ0v) is 13.2. The topological polar surface area (TPSA) is 86.7 Å². The van der Waals surface area contributed by atoms with Gasteiger partial charge in [0.25, 0.3) is 0 Å². The molecule has 6 heteroatoms. The summed E-state index contributed by atoms with van der Waals surface area (Å²) in [5.74, 6) is -1.20. The van der Waals surface area contributed by atoms with E-state index in [2.05, 4.69) is 19.2 Å². The number of aliphatic carboxylic acids is 1. The minimum atomic E-state index is -1.19. The molecule has 1 atom stereocenters. The van der Waals surface area contributed by atoms with E-state index in [1.807, 2.05) is 6.92 Å². The number of imide groups is 1. The Kier molecular flexibility index (Phi) is 6.68. The summed E-state index contributed by atoms with van der Waals surface area (Å²) < 4.78 is 0. The molecule has 20 heavy (non-hydrogen) atoms. The first-order valence-electron chi connectivity index (χ1n) is 6.77. The number of nitrogens with zero attached hydrogens (tertiary/aromatic N) is 1. The average Bonchev–Trinajstić information content (AvgIpc) is 2.25. The van der Waals surface area contributed by atoms with Crippen LogP contribution in [0.5, 0.6) is 0 Å². The molecular weight excluding hydrogens is 260 g/mol. The van der Waals surface area contributed by atoms with E-state index >= 15 is 0 Å². The maximum atomic E-state index is 11.9. The second-order valence-electron chi connectivity index (χ2n) is 6.31. The summed E-state index contributed by atoms with van der Waals surface area (Å²) in [5.41, 5.74) is -1.19. The zero-order valence-electron chi connectivity index (χ0n) is 13.2. The van der Waals surface area contributed by atoms with E-state index in [1.54, 1.807) is 7.05 Å². The number of urea groups is 1. The molecule has 0 rings (SSSR count). The predicted octanol–water partition coefficient (Wildman–Crippen LogP) is 2.09. The molecule has 6 nitrogen and oxygen atoms in total. The molecule has 2 N–H and O–H groups in total. The van der Waals surface area contributed by atoms with E-state index in [0.29, 0.717) is 5.92 Å². The Labute approximate surface area is 120 Å². The SMILES string of the molecule is CC(C)CC(C)N(C)C(=O)NC(=O)CC(C)(C)C(=O)O. The molecule has 0 saturated carbocycles. The van der Waals surface area contributed by atoms with Crippen LogP contribution in [0.2, 0.25) is 0 Å². The first-order chi connectivity index (χ1) is 8.97. The molecule has 0 aliphatic heterocycles. The van der Waals surface area contributed by atoms with Crippen LogP contribution in [0.3, 0.4) is 0 Å². The molecule has 0 fully saturated rings. The number of hydrogen-bond donors (Lipinski definition) is 2. The summed E-state index contributed by atoms with van der Waals surface area (Å²) in [7, 11) is 1.62. The largest absolute Gasteiger partial charge is 0.481 e. The second kappa shape index (κ2) is 7.26. The summed E-state index contributed by atoms with van der Waals surface area (Å²) in [6.45, 7) is 8.92. The maximum absolute atomic E-state index is 11.9. The van der Waals surface area contributed by atoms with Gasteiger partial charge in [-0.15, -0.1) is 0 Å².